The lowest BCUT2D eigenvalue weighted by Crippen LogP contribution is -2.17. The Morgan fingerprint density at radius 1 is 1.00 bits per heavy atom. The summed E-state index contributed by atoms with van der Waals surface area (Å²) in [7, 11) is 0. The van der Waals surface area contributed by atoms with Crippen LogP contribution in [0.3, 0.4) is 0 Å². The summed E-state index contributed by atoms with van der Waals surface area (Å²) in [6.45, 7) is 0. The summed E-state index contributed by atoms with van der Waals surface area (Å²) in [4.78, 5) is 17.0. The SMILES string of the molecule is O=C(n1cc[nH+]c1)n1cc[nH+]c1. The average Bonchev–Trinajstić information content (AvgIpc) is 2.77. The first-order valence-corrected chi connectivity index (χ1v) is 3.51. The first-order valence-electron chi connectivity index (χ1n) is 3.51. The number of carbonyl (C=O) groups is 1. The summed E-state index contributed by atoms with van der Waals surface area (Å²) in [5, 5.41) is 0. The van der Waals surface area contributed by atoms with Crippen LogP contribution in [0.25, 0.3) is 0 Å². The van der Waals surface area contributed by atoms with E-state index in [1.165, 1.54) is 9.13 Å². The van der Waals surface area contributed by atoms with Gasteiger partial charge < -0.3 is 0 Å². The van der Waals surface area contributed by atoms with Gasteiger partial charge in [0.2, 0.25) is 0 Å². The van der Waals surface area contributed by atoms with E-state index in [-0.39, 0.29) is 6.03 Å². The predicted molar refractivity (Wildman–Crippen MR) is 38.2 cm³/mol. The van der Waals surface area contributed by atoms with Crippen LogP contribution in [0.15, 0.2) is 37.4 Å². The molecule has 0 aliphatic carbocycles. The summed E-state index contributed by atoms with van der Waals surface area (Å²) in [6, 6.07) is -0.127. The van der Waals surface area contributed by atoms with E-state index in [0.29, 0.717) is 0 Å². The van der Waals surface area contributed by atoms with E-state index in [9.17, 15) is 4.79 Å². The quantitative estimate of drug-likeness (QED) is 0.514. The molecule has 60 valence electrons. The molecule has 2 rings (SSSR count). The molecule has 2 aromatic rings. The van der Waals surface area contributed by atoms with E-state index in [1.807, 2.05) is 0 Å². The number of H-pyrrole nitrogens is 2. The Morgan fingerprint density at radius 2 is 1.50 bits per heavy atom. The number of nitrogens with one attached hydrogen (secondary N) is 2. The number of rotatable bonds is 0. The summed E-state index contributed by atoms with van der Waals surface area (Å²) in [5.74, 6) is 0. The maximum atomic E-state index is 11.5. The highest BCUT2D eigenvalue weighted by Crippen LogP contribution is 1.88. The van der Waals surface area contributed by atoms with E-state index in [1.54, 1.807) is 37.4 Å². The minimum Gasteiger partial charge on any atom is -0.250 e. The van der Waals surface area contributed by atoms with Crippen LogP contribution in [-0.2, 0) is 0 Å². The van der Waals surface area contributed by atoms with Crippen molar-refractivity contribution in [2.45, 2.75) is 0 Å². The normalized spacial score (nSPS) is 10.0. The average molecular weight is 164 g/mol. The second-order valence-corrected chi connectivity index (χ2v) is 2.32. The molecule has 12 heavy (non-hydrogen) atoms. The molecule has 0 atom stereocenters. The first kappa shape index (κ1) is 6.78. The predicted octanol–water partition coefficient (Wildman–Crippen LogP) is -0.566. The molecule has 2 aromatic heterocycles. The smallest absolute Gasteiger partial charge is 0.250 e. The van der Waals surface area contributed by atoms with E-state index >= 15 is 0 Å². The molecule has 5 heteroatoms. The van der Waals surface area contributed by atoms with Crippen LogP contribution in [0, 0.1) is 0 Å². The van der Waals surface area contributed by atoms with Gasteiger partial charge in [0.05, 0.1) is 0 Å². The Bertz CT molecular complexity index is 326. The standard InChI is InChI=1S/C7H6N4O/c12-7(10-3-1-8-5-10)11-4-2-9-6-11/h1-6H/p+2. The fourth-order valence-corrected chi connectivity index (χ4v) is 0.951. The molecule has 0 aromatic carbocycles. The Morgan fingerprint density at radius 3 is 1.83 bits per heavy atom. The maximum absolute atomic E-state index is 11.5. The lowest BCUT2D eigenvalue weighted by Gasteiger charge is -1.85. The van der Waals surface area contributed by atoms with Crippen molar-refractivity contribution >= 4 is 6.03 Å². The van der Waals surface area contributed by atoms with Gasteiger partial charge in [0, 0.05) is 0 Å². The highest BCUT2D eigenvalue weighted by Gasteiger charge is 2.17. The fourth-order valence-electron chi connectivity index (χ4n) is 0.951. The highest BCUT2D eigenvalue weighted by atomic mass is 16.2. The molecular weight excluding hydrogens is 156 g/mol. The molecule has 0 aliphatic rings. The Kier molecular flexibility index (Phi) is 1.48. The van der Waals surface area contributed by atoms with Crippen molar-refractivity contribution in [2.75, 3.05) is 0 Å². The molecule has 0 fully saturated rings. The number of aromatic nitrogens is 4. The second kappa shape index (κ2) is 2.61. The van der Waals surface area contributed by atoms with E-state index < -0.39 is 0 Å². The number of aromatic amines is 2. The maximum Gasteiger partial charge on any atom is 0.513 e. The van der Waals surface area contributed by atoms with Gasteiger partial charge in [0.1, 0.15) is 24.8 Å². The molecule has 0 amide bonds. The van der Waals surface area contributed by atoms with Gasteiger partial charge in [0.25, 0.3) is 12.7 Å². The van der Waals surface area contributed by atoms with Crippen LogP contribution in [0.5, 0.6) is 0 Å². The number of imidazole rings is 2. The first-order chi connectivity index (χ1) is 5.88. The molecular formula is C7H8N4O+2. The van der Waals surface area contributed by atoms with Crippen LogP contribution < -0.4 is 9.97 Å². The topological polar surface area (TPSA) is 55.2 Å². The van der Waals surface area contributed by atoms with Gasteiger partial charge in [-0.15, -0.1) is 9.13 Å². The van der Waals surface area contributed by atoms with E-state index in [2.05, 4.69) is 9.97 Å². The van der Waals surface area contributed by atoms with Crippen molar-refractivity contribution in [1.29, 1.82) is 0 Å². The molecule has 2 heterocycles. The molecule has 0 spiro atoms. The number of hydrogen-bond donors (Lipinski definition) is 0. The second-order valence-electron chi connectivity index (χ2n) is 2.32. The largest absolute Gasteiger partial charge is 0.513 e. The third kappa shape index (κ3) is 1.01. The van der Waals surface area contributed by atoms with Gasteiger partial charge >= 0.3 is 6.03 Å². The van der Waals surface area contributed by atoms with Crippen LogP contribution in [0.1, 0.15) is 0 Å². The number of carbonyl (C=O) groups excluding carboxylic acids is 1. The highest BCUT2D eigenvalue weighted by molar-refractivity contribution is 5.78. The zero-order valence-electron chi connectivity index (χ0n) is 6.27. The summed E-state index contributed by atoms with van der Waals surface area (Å²) in [5.41, 5.74) is 0. The van der Waals surface area contributed by atoms with Gasteiger partial charge in [-0.3, -0.25) is 0 Å². The van der Waals surface area contributed by atoms with Crippen molar-refractivity contribution in [2.24, 2.45) is 0 Å². The van der Waals surface area contributed by atoms with E-state index in [0.717, 1.165) is 0 Å². The van der Waals surface area contributed by atoms with Gasteiger partial charge in [-0.1, -0.05) is 0 Å². The third-order valence-electron chi connectivity index (χ3n) is 1.53. The van der Waals surface area contributed by atoms with Crippen LogP contribution in [0.2, 0.25) is 0 Å². The number of nitrogens with zero attached hydrogens (tertiary/aromatic N) is 2. The minimum atomic E-state index is -0.127. The molecule has 0 saturated carbocycles. The monoisotopic (exact) mass is 164 g/mol. The van der Waals surface area contributed by atoms with Crippen molar-refractivity contribution in [3.63, 3.8) is 0 Å². The zero-order chi connectivity index (χ0) is 8.39. The van der Waals surface area contributed by atoms with Gasteiger partial charge in [-0.25, -0.2) is 9.97 Å². The fraction of sp³-hybridized carbons (Fsp3) is 0. The van der Waals surface area contributed by atoms with Crippen LogP contribution >= 0.6 is 0 Å². The van der Waals surface area contributed by atoms with Crippen LogP contribution in [0.4, 0.5) is 4.79 Å². The third-order valence-corrected chi connectivity index (χ3v) is 1.53. The van der Waals surface area contributed by atoms with Crippen molar-refractivity contribution < 1.29 is 14.8 Å². The molecule has 0 aliphatic heterocycles. The molecule has 0 bridgehead atoms. The molecule has 5 nitrogen and oxygen atoms in total. The molecule has 0 radical (unpaired) electrons. The zero-order valence-corrected chi connectivity index (χ0v) is 6.27. The number of hydrogen-bond acceptors (Lipinski definition) is 1. The van der Waals surface area contributed by atoms with Gasteiger partial charge in [-0.05, 0) is 0 Å². The summed E-state index contributed by atoms with van der Waals surface area (Å²) >= 11 is 0. The Balaban J connectivity index is 2.34. The Labute approximate surface area is 68.3 Å². The van der Waals surface area contributed by atoms with Crippen molar-refractivity contribution in [3.05, 3.63) is 37.4 Å². The van der Waals surface area contributed by atoms with E-state index in [4.69, 9.17) is 0 Å². The van der Waals surface area contributed by atoms with Gasteiger partial charge in [-0.2, -0.15) is 4.79 Å². The van der Waals surface area contributed by atoms with Crippen molar-refractivity contribution in [3.8, 4) is 0 Å². The lowest BCUT2D eigenvalue weighted by atomic mass is 10.8. The molecule has 0 saturated heterocycles. The summed E-state index contributed by atoms with van der Waals surface area (Å²) < 4.78 is 2.90. The van der Waals surface area contributed by atoms with Crippen molar-refractivity contribution in [1.82, 2.24) is 9.13 Å². The molecule has 0 unspecified atom stereocenters. The minimum absolute atomic E-state index is 0.127. The van der Waals surface area contributed by atoms with Gasteiger partial charge in [0.15, 0.2) is 0 Å². The Hall–Kier alpha value is -1.91. The van der Waals surface area contributed by atoms with Crippen LogP contribution in [-0.4, -0.2) is 15.2 Å². The summed E-state index contributed by atoms with van der Waals surface area (Å²) in [6.07, 6.45) is 9.85. The molecule has 2 N–H and O–H groups in total. The lowest BCUT2D eigenvalue weighted by molar-refractivity contribution is -0.377.